The van der Waals surface area contributed by atoms with Crippen LogP contribution in [0, 0.1) is 0 Å². The van der Waals surface area contributed by atoms with Crippen LogP contribution in [0.4, 0.5) is 17.5 Å². The Morgan fingerprint density at radius 3 is 2.60 bits per heavy atom. The summed E-state index contributed by atoms with van der Waals surface area (Å²) in [6.45, 7) is 0.868. The molecule has 6 rings (SSSR count). The van der Waals surface area contributed by atoms with Crippen molar-refractivity contribution in [1.82, 2.24) is 29.4 Å². The van der Waals surface area contributed by atoms with Gasteiger partial charge in [0.1, 0.15) is 29.0 Å². The van der Waals surface area contributed by atoms with Crippen molar-refractivity contribution in [3.8, 4) is 16.9 Å². The topological polar surface area (TPSA) is 85.4 Å². The van der Waals surface area contributed by atoms with E-state index in [1.807, 2.05) is 43.6 Å². The maximum absolute atomic E-state index is 5.30. The molecule has 5 aromatic rings. The monoisotopic (exact) mass is 466 g/mol. The van der Waals surface area contributed by atoms with Gasteiger partial charge in [-0.1, -0.05) is 12.1 Å². The number of nitrogens with zero attached hydrogens (tertiary/aromatic N) is 7. The Kier molecular flexibility index (Phi) is 5.09. The van der Waals surface area contributed by atoms with E-state index in [9.17, 15) is 0 Å². The first-order chi connectivity index (χ1) is 17.1. The Labute approximate surface area is 203 Å². The third-order valence-corrected chi connectivity index (χ3v) is 6.57. The first kappa shape index (κ1) is 21.2. The highest BCUT2D eigenvalue weighted by atomic mass is 16.5. The molecule has 0 fully saturated rings. The second-order valence-corrected chi connectivity index (χ2v) is 8.88. The van der Waals surface area contributed by atoms with Gasteiger partial charge in [0.25, 0.3) is 0 Å². The number of likely N-dealkylation sites (N-methyl/N-ethyl adjacent to an activating group) is 1. The minimum absolute atomic E-state index is 0.248. The van der Waals surface area contributed by atoms with Gasteiger partial charge in [-0.25, -0.2) is 4.98 Å². The van der Waals surface area contributed by atoms with Crippen molar-refractivity contribution in [2.45, 2.75) is 12.3 Å². The van der Waals surface area contributed by atoms with Crippen LogP contribution in [0.2, 0.25) is 0 Å². The summed E-state index contributed by atoms with van der Waals surface area (Å²) in [7, 11) is 5.71. The molecular weight excluding hydrogens is 440 g/mol. The quantitative estimate of drug-likeness (QED) is 0.404. The van der Waals surface area contributed by atoms with Crippen LogP contribution in [-0.2, 0) is 13.5 Å². The molecule has 0 saturated heterocycles. The number of rotatable bonds is 6. The lowest BCUT2D eigenvalue weighted by Gasteiger charge is -2.31. The van der Waals surface area contributed by atoms with E-state index in [2.05, 4.69) is 66.2 Å². The van der Waals surface area contributed by atoms with E-state index in [1.54, 1.807) is 18.0 Å². The fourth-order valence-electron chi connectivity index (χ4n) is 4.75. The Morgan fingerprint density at radius 1 is 0.971 bits per heavy atom. The van der Waals surface area contributed by atoms with Crippen molar-refractivity contribution in [1.29, 1.82) is 0 Å². The van der Waals surface area contributed by atoms with E-state index < -0.39 is 0 Å². The van der Waals surface area contributed by atoms with Crippen LogP contribution < -0.4 is 15.0 Å². The van der Waals surface area contributed by atoms with E-state index in [-0.39, 0.29) is 5.92 Å². The molecule has 1 aliphatic heterocycles. The fourth-order valence-corrected chi connectivity index (χ4v) is 4.75. The minimum atomic E-state index is 0.248. The van der Waals surface area contributed by atoms with Gasteiger partial charge in [0, 0.05) is 38.8 Å². The number of ether oxygens (including phenoxy) is 1. The minimum Gasteiger partial charge on any atom is -0.497 e. The van der Waals surface area contributed by atoms with Crippen LogP contribution in [-0.4, -0.2) is 50.1 Å². The van der Waals surface area contributed by atoms with Gasteiger partial charge in [-0.15, -0.1) is 10.2 Å². The molecule has 1 atom stereocenters. The summed E-state index contributed by atoms with van der Waals surface area (Å²) in [6, 6.07) is 18.5. The zero-order valence-corrected chi connectivity index (χ0v) is 19.9. The standard InChI is InChI=1S/C26H26N8O/c1-32-16-20(12-17-4-6-21(35-3)7-5-17)26-31-30-24-14-19(15-25(32)34(24)26)18-8-10-27-22(13-18)29-23-9-11-28-33(23)2/h4-11,13-15,20H,12,16H2,1-3H3,(H,27,29). The molecule has 0 bridgehead atoms. The molecule has 4 aromatic heterocycles. The van der Waals surface area contributed by atoms with Gasteiger partial charge in [-0.05, 0) is 59.5 Å². The van der Waals surface area contributed by atoms with E-state index in [4.69, 9.17) is 4.74 Å². The number of hydrogen-bond acceptors (Lipinski definition) is 7. The van der Waals surface area contributed by atoms with Crippen molar-refractivity contribution < 1.29 is 4.74 Å². The van der Waals surface area contributed by atoms with Gasteiger partial charge < -0.3 is 15.0 Å². The average Bonchev–Trinajstić information content (AvgIpc) is 3.49. The first-order valence-electron chi connectivity index (χ1n) is 11.5. The fraction of sp³-hybridized carbons (Fsp3) is 0.231. The Bertz CT molecular complexity index is 1500. The zero-order chi connectivity index (χ0) is 23.9. The summed E-state index contributed by atoms with van der Waals surface area (Å²) in [4.78, 5) is 6.76. The summed E-state index contributed by atoms with van der Waals surface area (Å²) < 4.78 is 9.25. The first-order valence-corrected chi connectivity index (χ1v) is 11.5. The zero-order valence-electron chi connectivity index (χ0n) is 19.9. The molecule has 1 unspecified atom stereocenters. The molecule has 1 aliphatic rings. The normalized spacial score (nSPS) is 14.9. The Hall–Kier alpha value is -4.40. The summed E-state index contributed by atoms with van der Waals surface area (Å²) in [5.41, 5.74) is 4.23. The smallest absolute Gasteiger partial charge is 0.163 e. The lowest BCUT2D eigenvalue weighted by molar-refractivity contribution is 0.414. The highest BCUT2D eigenvalue weighted by Gasteiger charge is 2.28. The maximum atomic E-state index is 5.30. The second-order valence-electron chi connectivity index (χ2n) is 8.88. The molecule has 176 valence electrons. The van der Waals surface area contributed by atoms with Crippen LogP contribution in [0.1, 0.15) is 17.3 Å². The molecule has 9 nitrogen and oxygen atoms in total. The van der Waals surface area contributed by atoms with Crippen LogP contribution >= 0.6 is 0 Å². The van der Waals surface area contributed by atoms with Crippen LogP contribution in [0.25, 0.3) is 16.8 Å². The van der Waals surface area contributed by atoms with Gasteiger partial charge in [0.15, 0.2) is 5.65 Å². The van der Waals surface area contributed by atoms with E-state index in [1.165, 1.54) is 5.56 Å². The number of aryl methyl sites for hydroxylation is 1. The van der Waals surface area contributed by atoms with Gasteiger partial charge in [0.05, 0.1) is 13.3 Å². The predicted molar refractivity (Wildman–Crippen MR) is 135 cm³/mol. The van der Waals surface area contributed by atoms with Crippen molar-refractivity contribution in [2.24, 2.45) is 7.05 Å². The van der Waals surface area contributed by atoms with Gasteiger partial charge in [-0.2, -0.15) is 5.10 Å². The van der Waals surface area contributed by atoms with Crippen LogP contribution in [0.15, 0.2) is 67.0 Å². The molecule has 0 saturated carbocycles. The van der Waals surface area contributed by atoms with E-state index >= 15 is 0 Å². The number of anilines is 3. The number of methoxy groups -OCH3 is 1. The molecular formula is C26H26N8O. The van der Waals surface area contributed by atoms with Gasteiger partial charge in [0.2, 0.25) is 0 Å². The van der Waals surface area contributed by atoms with E-state index in [0.717, 1.165) is 58.8 Å². The molecule has 0 amide bonds. The number of aromatic nitrogens is 6. The molecule has 9 heteroatoms. The number of pyridine rings is 2. The third kappa shape index (κ3) is 3.84. The number of nitrogens with one attached hydrogen (secondary N) is 1. The summed E-state index contributed by atoms with van der Waals surface area (Å²) in [5, 5.41) is 16.7. The van der Waals surface area contributed by atoms with Crippen LogP contribution in [0.3, 0.4) is 0 Å². The van der Waals surface area contributed by atoms with Gasteiger partial charge in [-0.3, -0.25) is 9.08 Å². The Balaban J connectivity index is 1.33. The second kappa shape index (κ2) is 8.43. The number of benzene rings is 1. The lowest BCUT2D eigenvalue weighted by Crippen LogP contribution is -2.32. The summed E-state index contributed by atoms with van der Waals surface area (Å²) in [6.07, 6.45) is 4.46. The predicted octanol–water partition coefficient (Wildman–Crippen LogP) is 4.05. The molecule has 0 radical (unpaired) electrons. The average molecular weight is 467 g/mol. The highest BCUT2D eigenvalue weighted by Crippen LogP contribution is 2.35. The highest BCUT2D eigenvalue weighted by molar-refractivity contribution is 5.75. The SMILES string of the molecule is COc1ccc(CC2CN(C)c3cc(-c4ccnc(Nc5ccnn5C)c4)cc4nnc2n34)cc1. The molecule has 1 aromatic carbocycles. The van der Waals surface area contributed by atoms with E-state index in [0.29, 0.717) is 0 Å². The van der Waals surface area contributed by atoms with Crippen molar-refractivity contribution in [3.05, 3.63) is 78.4 Å². The summed E-state index contributed by atoms with van der Waals surface area (Å²) >= 11 is 0. The molecule has 35 heavy (non-hydrogen) atoms. The summed E-state index contributed by atoms with van der Waals surface area (Å²) in [5.74, 6) is 4.84. The third-order valence-electron chi connectivity index (χ3n) is 6.57. The lowest BCUT2D eigenvalue weighted by atomic mass is 9.96. The maximum Gasteiger partial charge on any atom is 0.163 e. The molecule has 5 heterocycles. The van der Waals surface area contributed by atoms with Crippen LogP contribution in [0.5, 0.6) is 5.75 Å². The molecule has 0 spiro atoms. The van der Waals surface area contributed by atoms with Crippen molar-refractivity contribution >= 4 is 23.1 Å². The van der Waals surface area contributed by atoms with Crippen molar-refractivity contribution in [2.75, 3.05) is 30.9 Å². The van der Waals surface area contributed by atoms with Gasteiger partial charge >= 0.3 is 0 Å². The number of hydrogen-bond donors (Lipinski definition) is 1. The molecule has 1 N–H and O–H groups in total. The molecule has 0 aliphatic carbocycles. The largest absolute Gasteiger partial charge is 0.497 e. The van der Waals surface area contributed by atoms with Crippen molar-refractivity contribution in [3.63, 3.8) is 0 Å². The Morgan fingerprint density at radius 2 is 1.83 bits per heavy atom.